The maximum absolute atomic E-state index is 12.8. The lowest BCUT2D eigenvalue weighted by molar-refractivity contribution is -0.0873. The summed E-state index contributed by atoms with van der Waals surface area (Å²) in [6, 6.07) is 9.66. The summed E-state index contributed by atoms with van der Waals surface area (Å²) in [6.07, 6.45) is 2.65. The van der Waals surface area contributed by atoms with E-state index in [0.717, 1.165) is 17.0 Å². The van der Waals surface area contributed by atoms with Crippen molar-refractivity contribution in [2.45, 2.75) is 31.9 Å². The van der Waals surface area contributed by atoms with Gasteiger partial charge in [0.25, 0.3) is 0 Å². The lowest BCUT2D eigenvalue weighted by atomic mass is 10.0. The Labute approximate surface area is 146 Å². The number of carbonyl (C=O) groups excluding carboxylic acids is 1. The molecule has 24 heavy (non-hydrogen) atoms. The van der Waals surface area contributed by atoms with Crippen molar-refractivity contribution < 1.29 is 9.53 Å². The number of ether oxygens (including phenoxy) is 1. The topological polar surface area (TPSA) is 54.5 Å². The summed E-state index contributed by atoms with van der Waals surface area (Å²) in [4.78, 5) is 19.1. The average molecular weight is 345 g/mol. The van der Waals surface area contributed by atoms with Gasteiger partial charge in [0.1, 0.15) is 11.0 Å². The molecular weight excluding hydrogens is 322 g/mol. The molecule has 0 spiro atoms. The first kappa shape index (κ1) is 16.9. The van der Waals surface area contributed by atoms with Crippen LogP contribution >= 0.6 is 11.3 Å². The van der Waals surface area contributed by atoms with Gasteiger partial charge in [-0.05, 0) is 18.9 Å². The minimum Gasteiger partial charge on any atom is -0.372 e. The Bertz CT molecular complexity index is 662. The molecular formula is C18H23N3O2S. The Hall–Kier alpha value is -1.92. The van der Waals surface area contributed by atoms with E-state index in [2.05, 4.69) is 24.1 Å². The fourth-order valence-electron chi connectivity index (χ4n) is 2.84. The number of nitrogens with one attached hydrogen (secondary N) is 1. The minimum absolute atomic E-state index is 0.0676. The summed E-state index contributed by atoms with van der Waals surface area (Å²) in [5.41, 5.74) is 0.770. The van der Waals surface area contributed by atoms with Crippen molar-refractivity contribution in [2.24, 2.45) is 0 Å². The van der Waals surface area contributed by atoms with Crippen LogP contribution in [0.3, 0.4) is 0 Å². The highest BCUT2D eigenvalue weighted by molar-refractivity contribution is 7.09. The van der Waals surface area contributed by atoms with Gasteiger partial charge in [-0.3, -0.25) is 0 Å². The van der Waals surface area contributed by atoms with E-state index < -0.39 is 0 Å². The lowest BCUT2D eigenvalue weighted by Crippen LogP contribution is -2.54. The number of hydrogen-bond acceptors (Lipinski definition) is 4. The van der Waals surface area contributed by atoms with Gasteiger partial charge in [-0.1, -0.05) is 37.3 Å². The van der Waals surface area contributed by atoms with Gasteiger partial charge in [0.2, 0.25) is 0 Å². The maximum atomic E-state index is 12.8. The molecule has 0 aliphatic carbocycles. The molecule has 5 nitrogen and oxygen atoms in total. The Kier molecular flexibility index (Phi) is 5.16. The van der Waals surface area contributed by atoms with E-state index in [-0.39, 0.29) is 17.7 Å². The first-order valence-electron chi connectivity index (χ1n) is 8.25. The van der Waals surface area contributed by atoms with Crippen LogP contribution in [0.1, 0.15) is 36.9 Å². The molecule has 0 saturated carbocycles. The van der Waals surface area contributed by atoms with Gasteiger partial charge in [0.15, 0.2) is 0 Å². The van der Waals surface area contributed by atoms with Gasteiger partial charge in [0.05, 0.1) is 18.8 Å². The predicted octanol–water partition coefficient (Wildman–Crippen LogP) is 3.44. The van der Waals surface area contributed by atoms with Gasteiger partial charge < -0.3 is 15.0 Å². The van der Waals surface area contributed by atoms with E-state index in [1.54, 1.807) is 17.5 Å². The van der Waals surface area contributed by atoms with Gasteiger partial charge in [-0.25, -0.2) is 9.78 Å². The van der Waals surface area contributed by atoms with E-state index in [0.29, 0.717) is 19.7 Å². The Morgan fingerprint density at radius 1 is 1.46 bits per heavy atom. The third-order valence-electron chi connectivity index (χ3n) is 4.47. The van der Waals surface area contributed by atoms with Gasteiger partial charge >= 0.3 is 6.03 Å². The summed E-state index contributed by atoms with van der Waals surface area (Å²) in [5, 5.41) is 5.97. The smallest absolute Gasteiger partial charge is 0.318 e. The number of thiazole rings is 1. The fourth-order valence-corrected chi connectivity index (χ4v) is 3.56. The van der Waals surface area contributed by atoms with Crippen molar-refractivity contribution in [1.82, 2.24) is 15.2 Å². The number of morpholine rings is 1. The Morgan fingerprint density at radius 3 is 2.92 bits per heavy atom. The highest BCUT2D eigenvalue weighted by Gasteiger charge is 2.33. The van der Waals surface area contributed by atoms with Gasteiger partial charge in [0, 0.05) is 18.1 Å². The molecule has 1 aliphatic rings. The van der Waals surface area contributed by atoms with E-state index in [1.165, 1.54) is 0 Å². The molecule has 1 aromatic carbocycles. The standard InChI is InChI=1S/C18H23N3O2S/c1-3-18(2)13-21(10-11-23-18)17(22)20-15(16-19-9-12-24-16)14-7-5-4-6-8-14/h4-9,12,15H,3,10-11,13H2,1-2H3,(H,20,22)/t15-,18-/m0/s1. The lowest BCUT2D eigenvalue weighted by Gasteiger charge is -2.40. The third kappa shape index (κ3) is 3.76. The van der Waals surface area contributed by atoms with E-state index in [1.807, 2.05) is 40.6 Å². The summed E-state index contributed by atoms with van der Waals surface area (Å²) in [5.74, 6) is 0. The quantitative estimate of drug-likeness (QED) is 0.923. The molecule has 1 saturated heterocycles. The van der Waals surface area contributed by atoms with Crippen LogP contribution < -0.4 is 5.32 Å². The van der Waals surface area contributed by atoms with Crippen LogP contribution in [0.4, 0.5) is 4.79 Å². The third-order valence-corrected chi connectivity index (χ3v) is 5.31. The molecule has 1 N–H and O–H groups in total. The van der Waals surface area contributed by atoms with Crippen molar-refractivity contribution in [2.75, 3.05) is 19.7 Å². The molecule has 2 atom stereocenters. The second-order valence-corrected chi connectivity index (χ2v) is 7.16. The van der Waals surface area contributed by atoms with Crippen LogP contribution in [-0.4, -0.2) is 41.2 Å². The largest absolute Gasteiger partial charge is 0.372 e. The molecule has 128 valence electrons. The number of nitrogens with zero attached hydrogens (tertiary/aromatic N) is 2. The first-order valence-corrected chi connectivity index (χ1v) is 9.13. The number of benzene rings is 1. The summed E-state index contributed by atoms with van der Waals surface area (Å²) >= 11 is 1.55. The van der Waals surface area contributed by atoms with Crippen LogP contribution in [0.5, 0.6) is 0 Å². The highest BCUT2D eigenvalue weighted by atomic mass is 32.1. The van der Waals surface area contributed by atoms with Crippen LogP contribution in [-0.2, 0) is 4.74 Å². The van der Waals surface area contributed by atoms with E-state index in [4.69, 9.17) is 4.74 Å². The number of aromatic nitrogens is 1. The molecule has 2 amide bonds. The van der Waals surface area contributed by atoms with Crippen molar-refractivity contribution in [3.63, 3.8) is 0 Å². The summed E-state index contributed by atoms with van der Waals surface area (Å²) in [6.45, 7) is 5.94. The molecule has 1 aliphatic heterocycles. The molecule has 3 rings (SSSR count). The minimum atomic E-state index is -0.265. The molecule has 6 heteroatoms. The van der Waals surface area contributed by atoms with Gasteiger partial charge in [-0.15, -0.1) is 11.3 Å². The van der Waals surface area contributed by atoms with E-state index in [9.17, 15) is 4.79 Å². The van der Waals surface area contributed by atoms with Crippen molar-refractivity contribution in [3.05, 3.63) is 52.5 Å². The van der Waals surface area contributed by atoms with E-state index >= 15 is 0 Å². The van der Waals surface area contributed by atoms with Crippen LogP contribution in [0.15, 0.2) is 41.9 Å². The van der Waals surface area contributed by atoms with Crippen LogP contribution in [0.25, 0.3) is 0 Å². The van der Waals surface area contributed by atoms with Crippen LogP contribution in [0, 0.1) is 0 Å². The molecule has 1 aromatic heterocycles. The molecule has 0 bridgehead atoms. The zero-order valence-corrected chi connectivity index (χ0v) is 14.9. The molecule has 0 unspecified atom stereocenters. The van der Waals surface area contributed by atoms with Crippen molar-refractivity contribution in [1.29, 1.82) is 0 Å². The van der Waals surface area contributed by atoms with Gasteiger partial charge in [-0.2, -0.15) is 0 Å². The van der Waals surface area contributed by atoms with Crippen molar-refractivity contribution in [3.8, 4) is 0 Å². The Morgan fingerprint density at radius 2 is 2.25 bits per heavy atom. The normalized spacial score (nSPS) is 22.2. The first-order chi connectivity index (χ1) is 11.6. The van der Waals surface area contributed by atoms with Crippen LogP contribution in [0.2, 0.25) is 0 Å². The second-order valence-electron chi connectivity index (χ2n) is 6.24. The number of urea groups is 1. The number of amides is 2. The molecule has 2 aromatic rings. The fraction of sp³-hybridized carbons (Fsp3) is 0.444. The number of rotatable bonds is 4. The highest BCUT2D eigenvalue weighted by Crippen LogP contribution is 2.25. The second kappa shape index (κ2) is 7.32. The zero-order chi connectivity index (χ0) is 17.0. The zero-order valence-electron chi connectivity index (χ0n) is 14.1. The SMILES string of the molecule is CC[C@@]1(C)CN(C(=O)N[C@@H](c2ccccc2)c2nccs2)CCO1. The molecule has 2 heterocycles. The molecule has 1 fully saturated rings. The Balaban J connectivity index is 1.77. The predicted molar refractivity (Wildman–Crippen MR) is 95.2 cm³/mol. The summed E-state index contributed by atoms with van der Waals surface area (Å²) in [7, 11) is 0. The maximum Gasteiger partial charge on any atom is 0.318 e. The average Bonchev–Trinajstić information content (AvgIpc) is 3.14. The molecule has 0 radical (unpaired) electrons. The number of carbonyl (C=O) groups is 1. The monoisotopic (exact) mass is 345 g/mol. The number of hydrogen-bond donors (Lipinski definition) is 1. The van der Waals surface area contributed by atoms with Crippen molar-refractivity contribution >= 4 is 17.4 Å². The summed E-state index contributed by atoms with van der Waals surface area (Å²) < 4.78 is 5.82.